The normalized spacial score (nSPS) is 14.8. The van der Waals surface area contributed by atoms with Crippen LogP contribution in [0.3, 0.4) is 0 Å². The van der Waals surface area contributed by atoms with Gasteiger partial charge in [0, 0.05) is 73.7 Å². The third-order valence-corrected chi connectivity index (χ3v) is 6.95. The van der Waals surface area contributed by atoms with E-state index in [1.54, 1.807) is 24.4 Å². The van der Waals surface area contributed by atoms with E-state index in [1.807, 2.05) is 38.6 Å². The molecule has 1 aliphatic heterocycles. The number of rotatable bonds is 10. The standard InChI is InChI=1S/C30H36FN9O.ClH/c1-39(2)15-13-33-26-10-9-20(17-35-26)22-18-36-28(16-24(22)40-14-5-6-21(32)19-40)37-27-11-12-34-30(38-27)29-23(31)7-4-8-25(29)41-3;/h4,7-12,16-18,21H,5-6,13-15,19,32H2,1-3H3,(H,33,35)(H,34,36,37,38);1H/t21-;/m0./s1. The van der Waals surface area contributed by atoms with Gasteiger partial charge in [-0.15, -0.1) is 12.4 Å². The average molecular weight is 594 g/mol. The first-order chi connectivity index (χ1) is 19.9. The predicted molar refractivity (Wildman–Crippen MR) is 168 cm³/mol. The summed E-state index contributed by atoms with van der Waals surface area (Å²) in [7, 11) is 5.58. The van der Waals surface area contributed by atoms with Crippen LogP contribution in [0.5, 0.6) is 5.75 Å². The molecule has 0 radical (unpaired) electrons. The number of hydrogen-bond acceptors (Lipinski definition) is 10. The quantitative estimate of drug-likeness (QED) is 0.236. The Bertz CT molecular complexity index is 1470. The van der Waals surface area contributed by atoms with Crippen LogP contribution >= 0.6 is 12.4 Å². The van der Waals surface area contributed by atoms with E-state index >= 15 is 0 Å². The van der Waals surface area contributed by atoms with Gasteiger partial charge < -0.3 is 30.9 Å². The third-order valence-electron chi connectivity index (χ3n) is 6.95. The molecule has 3 aromatic heterocycles. The molecule has 5 rings (SSSR count). The van der Waals surface area contributed by atoms with Crippen molar-refractivity contribution in [1.82, 2.24) is 24.8 Å². The number of hydrogen-bond donors (Lipinski definition) is 3. The second-order valence-electron chi connectivity index (χ2n) is 10.3. The Hall–Kier alpha value is -4.06. The molecular formula is C30H37ClFN9O. The fourth-order valence-corrected chi connectivity index (χ4v) is 4.86. The zero-order chi connectivity index (χ0) is 28.8. The molecule has 42 heavy (non-hydrogen) atoms. The smallest absolute Gasteiger partial charge is 0.168 e. The average Bonchev–Trinajstić information content (AvgIpc) is 2.97. The fourth-order valence-electron chi connectivity index (χ4n) is 4.86. The maximum absolute atomic E-state index is 14.7. The van der Waals surface area contributed by atoms with E-state index in [9.17, 15) is 4.39 Å². The van der Waals surface area contributed by atoms with Crippen molar-refractivity contribution in [3.05, 3.63) is 66.9 Å². The van der Waals surface area contributed by atoms with Crippen LogP contribution in [0.1, 0.15) is 12.8 Å². The van der Waals surface area contributed by atoms with Crippen LogP contribution < -0.4 is 26.0 Å². The number of nitrogens with zero attached hydrogens (tertiary/aromatic N) is 6. The maximum atomic E-state index is 14.7. The van der Waals surface area contributed by atoms with E-state index in [2.05, 4.69) is 41.5 Å². The van der Waals surface area contributed by atoms with Crippen LogP contribution in [-0.4, -0.2) is 78.3 Å². The fraction of sp³-hybridized carbons (Fsp3) is 0.333. The first-order valence-corrected chi connectivity index (χ1v) is 13.7. The highest BCUT2D eigenvalue weighted by molar-refractivity contribution is 5.85. The van der Waals surface area contributed by atoms with E-state index in [0.717, 1.165) is 61.7 Å². The first kappa shape index (κ1) is 30.9. The lowest BCUT2D eigenvalue weighted by atomic mass is 10.0. The lowest BCUT2D eigenvalue weighted by Gasteiger charge is -2.34. The third kappa shape index (κ3) is 7.41. The van der Waals surface area contributed by atoms with E-state index in [4.69, 9.17) is 15.5 Å². The largest absolute Gasteiger partial charge is 0.496 e. The second-order valence-corrected chi connectivity index (χ2v) is 10.3. The second kappa shape index (κ2) is 14.2. The van der Waals surface area contributed by atoms with Crippen LogP contribution in [-0.2, 0) is 0 Å². The molecule has 4 aromatic rings. The van der Waals surface area contributed by atoms with E-state index < -0.39 is 5.82 Å². The number of halogens is 2. The summed E-state index contributed by atoms with van der Waals surface area (Å²) >= 11 is 0. The van der Waals surface area contributed by atoms with Gasteiger partial charge in [0.05, 0.1) is 12.7 Å². The molecule has 1 fully saturated rings. The number of methoxy groups -OCH3 is 1. The molecule has 10 nitrogen and oxygen atoms in total. The van der Waals surface area contributed by atoms with Gasteiger partial charge in [-0.05, 0) is 57.3 Å². The van der Waals surface area contributed by atoms with Crippen molar-refractivity contribution >= 4 is 35.5 Å². The predicted octanol–water partition coefficient (Wildman–Crippen LogP) is 4.81. The number of likely N-dealkylation sites (N-methyl/N-ethyl adjacent to an activating group) is 1. The van der Waals surface area contributed by atoms with Crippen LogP contribution in [0.25, 0.3) is 22.5 Å². The first-order valence-electron chi connectivity index (χ1n) is 13.7. The van der Waals surface area contributed by atoms with Crippen molar-refractivity contribution < 1.29 is 9.13 Å². The van der Waals surface area contributed by atoms with Gasteiger partial charge in [-0.3, -0.25) is 0 Å². The molecule has 4 heterocycles. The molecule has 12 heteroatoms. The number of pyridine rings is 2. The van der Waals surface area contributed by atoms with Crippen molar-refractivity contribution in [2.24, 2.45) is 5.73 Å². The van der Waals surface area contributed by atoms with Gasteiger partial charge in [-0.2, -0.15) is 0 Å². The summed E-state index contributed by atoms with van der Waals surface area (Å²) in [4.78, 5) is 22.6. The molecule has 1 aliphatic rings. The Morgan fingerprint density at radius 2 is 1.90 bits per heavy atom. The molecular weight excluding hydrogens is 557 g/mol. The van der Waals surface area contributed by atoms with Gasteiger partial charge in [-0.25, -0.2) is 24.3 Å². The van der Waals surface area contributed by atoms with Crippen molar-refractivity contribution in [3.63, 3.8) is 0 Å². The highest BCUT2D eigenvalue weighted by Crippen LogP contribution is 2.35. The van der Waals surface area contributed by atoms with Gasteiger partial charge >= 0.3 is 0 Å². The molecule has 4 N–H and O–H groups in total. The van der Waals surface area contributed by atoms with E-state index in [1.165, 1.54) is 13.2 Å². The minimum absolute atomic E-state index is 0. The molecule has 0 unspecified atom stereocenters. The minimum Gasteiger partial charge on any atom is -0.496 e. The van der Waals surface area contributed by atoms with Crippen molar-refractivity contribution in [1.29, 1.82) is 0 Å². The highest BCUT2D eigenvalue weighted by Gasteiger charge is 2.21. The summed E-state index contributed by atoms with van der Waals surface area (Å²) in [6.07, 6.45) is 7.30. The van der Waals surface area contributed by atoms with Crippen LogP contribution in [0.15, 0.2) is 61.1 Å². The van der Waals surface area contributed by atoms with Crippen LogP contribution in [0, 0.1) is 5.82 Å². The van der Waals surface area contributed by atoms with Crippen molar-refractivity contribution in [3.8, 4) is 28.3 Å². The molecule has 0 bridgehead atoms. The zero-order valence-electron chi connectivity index (χ0n) is 24.0. The van der Waals surface area contributed by atoms with Gasteiger partial charge in [0.25, 0.3) is 0 Å². The molecule has 1 atom stereocenters. The number of aromatic nitrogens is 4. The van der Waals surface area contributed by atoms with Crippen LogP contribution in [0.2, 0.25) is 0 Å². The number of ether oxygens (including phenoxy) is 1. The summed E-state index contributed by atoms with van der Waals surface area (Å²) in [6.45, 7) is 3.38. The number of nitrogens with one attached hydrogen (secondary N) is 2. The lowest BCUT2D eigenvalue weighted by molar-refractivity contribution is 0.413. The summed E-state index contributed by atoms with van der Waals surface area (Å²) in [5.74, 6) is 2.03. The zero-order valence-corrected chi connectivity index (χ0v) is 24.9. The monoisotopic (exact) mass is 593 g/mol. The molecule has 222 valence electrons. The Morgan fingerprint density at radius 1 is 1.07 bits per heavy atom. The van der Waals surface area contributed by atoms with Gasteiger partial charge in [0.2, 0.25) is 0 Å². The van der Waals surface area contributed by atoms with E-state index in [-0.39, 0.29) is 29.8 Å². The summed E-state index contributed by atoms with van der Waals surface area (Å²) in [6, 6.07) is 12.5. The topological polar surface area (TPSA) is 117 Å². The Balaban J connectivity index is 0.00000405. The lowest BCUT2D eigenvalue weighted by Crippen LogP contribution is -2.43. The van der Waals surface area contributed by atoms with Gasteiger partial charge in [0.1, 0.15) is 29.0 Å². The molecule has 0 aliphatic carbocycles. The Labute approximate surface area is 252 Å². The molecule has 0 spiro atoms. The summed E-state index contributed by atoms with van der Waals surface area (Å²) in [5, 5.41) is 6.62. The van der Waals surface area contributed by atoms with Crippen molar-refractivity contribution in [2.75, 3.05) is 62.9 Å². The Kier molecular flexibility index (Phi) is 10.5. The molecule has 1 saturated heterocycles. The SMILES string of the molecule is COc1cccc(F)c1-c1nccc(Nc2cc(N3CCC[C@H](N)C3)c(-c3ccc(NCCN(C)C)nc3)cn2)n1.Cl. The Morgan fingerprint density at radius 3 is 2.64 bits per heavy atom. The number of piperidine rings is 1. The molecule has 0 saturated carbocycles. The van der Waals surface area contributed by atoms with Gasteiger partial charge in [0.15, 0.2) is 5.82 Å². The molecule has 0 amide bonds. The number of nitrogens with two attached hydrogens (primary N) is 1. The maximum Gasteiger partial charge on any atom is 0.168 e. The number of benzene rings is 1. The summed E-state index contributed by atoms with van der Waals surface area (Å²) in [5.41, 5.74) is 9.50. The number of anilines is 4. The summed E-state index contributed by atoms with van der Waals surface area (Å²) < 4.78 is 20.0. The van der Waals surface area contributed by atoms with E-state index in [0.29, 0.717) is 17.4 Å². The highest BCUT2D eigenvalue weighted by atomic mass is 35.5. The van der Waals surface area contributed by atoms with Crippen molar-refractivity contribution in [2.45, 2.75) is 18.9 Å². The minimum atomic E-state index is -0.458. The van der Waals surface area contributed by atoms with Crippen LogP contribution in [0.4, 0.5) is 27.5 Å². The molecule has 1 aromatic carbocycles. The van der Waals surface area contributed by atoms with Gasteiger partial charge in [-0.1, -0.05) is 6.07 Å².